The minimum Gasteiger partial charge on any atom is -0.309 e. The molecule has 0 unspecified atom stereocenters. The molecule has 0 spiro atoms. The van der Waals surface area contributed by atoms with E-state index in [9.17, 15) is 0 Å². The van der Waals surface area contributed by atoms with Gasteiger partial charge in [0.25, 0.3) is 0 Å². The highest BCUT2D eigenvalue weighted by molar-refractivity contribution is 7.04. The summed E-state index contributed by atoms with van der Waals surface area (Å²) in [5, 5.41) is 15.7. The SMILES string of the molecule is C[Si]1(C)c2cc(-c3cc4ccccc4c4ccccc34)ccc2-c2ccc(-n3c4ccc(-c5ccc(-c6ccc(-c7cccc8ccccc78)cc6)cc5)cc4c4cc(-c5ccc(-c6ccc(-c7cccc8ccccc78)cc6)cc5)ccc43)cc21. The summed E-state index contributed by atoms with van der Waals surface area (Å²) in [5.74, 6) is 0. The molecule has 0 atom stereocenters. The zero-order chi connectivity index (χ0) is 57.0. The molecule has 1 aliphatic heterocycles. The molecule has 16 aromatic rings. The summed E-state index contributed by atoms with van der Waals surface area (Å²) in [7, 11) is -2.18. The van der Waals surface area contributed by atoms with Gasteiger partial charge in [-0.25, -0.2) is 0 Å². The standard InChI is InChI=1S/C84H57NSi/c1-86(2)83-52-67(78-51-66-15-5-8-20-73(66)74-21-9-10-22-75(74)78)41-45-76(83)77-46-44-68(53-84(77)86)85-81-47-42-64(58-29-25-54(26-30-58)56-33-37-62(38-34-56)71-23-11-16-60-13-3-6-18-69(60)71)49-79(81)80-50-65(43-48-82(80)85)59-31-27-55(28-32-59)57-35-39-63(40-36-57)72-24-12-17-61-14-4-7-19-70(61)72/h3-53H,1-2H3. The summed E-state index contributed by atoms with van der Waals surface area (Å²) < 4.78 is 2.52. The van der Waals surface area contributed by atoms with Gasteiger partial charge in [-0.2, -0.15) is 0 Å². The van der Waals surface area contributed by atoms with Gasteiger partial charge in [-0.1, -0.05) is 280 Å². The average Bonchev–Trinajstić information content (AvgIpc) is 1.80. The van der Waals surface area contributed by atoms with Crippen LogP contribution < -0.4 is 10.4 Å². The van der Waals surface area contributed by atoms with Gasteiger partial charge in [0.15, 0.2) is 0 Å². The quantitative estimate of drug-likeness (QED) is 0.106. The molecule has 0 N–H and O–H groups in total. The number of hydrogen-bond acceptors (Lipinski definition) is 0. The van der Waals surface area contributed by atoms with Crippen LogP contribution in [0.1, 0.15) is 0 Å². The minimum atomic E-state index is -2.18. The smallest absolute Gasteiger partial charge is 0.113 e. The lowest BCUT2D eigenvalue weighted by Gasteiger charge is -2.21. The maximum Gasteiger partial charge on any atom is 0.113 e. The van der Waals surface area contributed by atoms with E-state index in [-0.39, 0.29) is 0 Å². The highest BCUT2D eigenvalue weighted by Gasteiger charge is 2.38. The van der Waals surface area contributed by atoms with Crippen molar-refractivity contribution in [1.29, 1.82) is 0 Å². The molecule has 0 aliphatic carbocycles. The van der Waals surface area contributed by atoms with Crippen molar-refractivity contribution in [3.63, 3.8) is 0 Å². The zero-order valence-electron chi connectivity index (χ0n) is 47.9. The highest BCUT2D eigenvalue weighted by atomic mass is 28.3. The molecule has 2 heterocycles. The third-order valence-electron chi connectivity index (χ3n) is 18.8. The molecule has 0 amide bonds. The fourth-order valence-electron chi connectivity index (χ4n) is 14.3. The van der Waals surface area contributed by atoms with E-state index in [4.69, 9.17) is 0 Å². The van der Waals surface area contributed by atoms with Crippen LogP contribution in [0.3, 0.4) is 0 Å². The van der Waals surface area contributed by atoms with Crippen LogP contribution in [0.25, 0.3) is 160 Å². The Morgan fingerprint density at radius 1 is 0.209 bits per heavy atom. The summed E-state index contributed by atoms with van der Waals surface area (Å²) >= 11 is 0. The Kier molecular flexibility index (Phi) is 11.5. The zero-order valence-corrected chi connectivity index (χ0v) is 48.9. The molecule has 2 heteroatoms. The molecule has 17 rings (SSSR count). The largest absolute Gasteiger partial charge is 0.309 e. The molecule has 86 heavy (non-hydrogen) atoms. The van der Waals surface area contributed by atoms with Crippen molar-refractivity contribution in [3.8, 4) is 94.7 Å². The van der Waals surface area contributed by atoms with Gasteiger partial charge < -0.3 is 4.57 Å². The summed E-state index contributed by atoms with van der Waals surface area (Å²) in [6, 6.07) is 116. The van der Waals surface area contributed by atoms with E-state index in [1.54, 1.807) is 0 Å². The van der Waals surface area contributed by atoms with E-state index in [0.29, 0.717) is 0 Å². The third kappa shape index (κ3) is 8.13. The molecule has 1 aromatic heterocycles. The van der Waals surface area contributed by atoms with Crippen molar-refractivity contribution in [2.75, 3.05) is 0 Å². The molecule has 0 saturated heterocycles. The summed E-state index contributed by atoms with van der Waals surface area (Å²) in [5.41, 5.74) is 23.5. The van der Waals surface area contributed by atoms with Crippen LogP contribution in [0.4, 0.5) is 0 Å². The summed E-state index contributed by atoms with van der Waals surface area (Å²) in [6.07, 6.45) is 0. The van der Waals surface area contributed by atoms with Crippen molar-refractivity contribution >= 4 is 83.3 Å². The van der Waals surface area contributed by atoms with Crippen LogP contribution in [0, 0.1) is 0 Å². The number of nitrogens with zero attached hydrogens (tertiary/aromatic N) is 1. The maximum atomic E-state index is 2.55. The second-order valence-electron chi connectivity index (χ2n) is 24.0. The van der Waals surface area contributed by atoms with E-state index in [2.05, 4.69) is 327 Å². The number of hydrogen-bond donors (Lipinski definition) is 0. The predicted molar refractivity (Wildman–Crippen MR) is 371 cm³/mol. The Labute approximate surface area is 502 Å². The van der Waals surface area contributed by atoms with Crippen molar-refractivity contribution in [2.24, 2.45) is 0 Å². The normalized spacial score (nSPS) is 12.6. The fourth-order valence-corrected chi connectivity index (χ4v) is 17.4. The van der Waals surface area contributed by atoms with Crippen molar-refractivity contribution in [2.45, 2.75) is 13.1 Å². The Bertz CT molecular complexity index is 5160. The minimum absolute atomic E-state index is 1.19. The van der Waals surface area contributed by atoms with Gasteiger partial charge in [-0.15, -0.1) is 0 Å². The summed E-state index contributed by atoms with van der Waals surface area (Å²) in [6.45, 7) is 5.10. The third-order valence-corrected chi connectivity index (χ3v) is 22.4. The molecule has 402 valence electrons. The molecule has 0 bridgehead atoms. The first kappa shape index (κ1) is 49.9. The molecule has 0 fully saturated rings. The van der Waals surface area contributed by atoms with Crippen molar-refractivity contribution < 1.29 is 0 Å². The van der Waals surface area contributed by atoms with Crippen LogP contribution in [-0.2, 0) is 0 Å². The van der Waals surface area contributed by atoms with E-state index in [1.165, 1.54) is 170 Å². The molecular formula is C84H57NSi. The van der Waals surface area contributed by atoms with E-state index >= 15 is 0 Å². The Balaban J connectivity index is 0.738. The van der Waals surface area contributed by atoms with Gasteiger partial charge in [-0.05, 0) is 185 Å². The van der Waals surface area contributed by atoms with Gasteiger partial charge in [0, 0.05) is 16.5 Å². The van der Waals surface area contributed by atoms with Crippen LogP contribution >= 0.6 is 0 Å². The lowest BCUT2D eigenvalue weighted by atomic mass is 9.92. The van der Waals surface area contributed by atoms with E-state index in [0.717, 1.165) is 0 Å². The average molecular weight is 1110 g/mol. The lowest BCUT2D eigenvalue weighted by molar-refractivity contribution is 1.18. The molecule has 1 aliphatic rings. The topological polar surface area (TPSA) is 4.93 Å². The first-order valence-corrected chi connectivity index (χ1v) is 33.0. The molecular weight excluding hydrogens is 1050 g/mol. The van der Waals surface area contributed by atoms with E-state index < -0.39 is 8.07 Å². The monoisotopic (exact) mass is 1110 g/mol. The van der Waals surface area contributed by atoms with Crippen LogP contribution in [0.5, 0.6) is 0 Å². The maximum absolute atomic E-state index is 2.55. The van der Waals surface area contributed by atoms with E-state index in [1.807, 2.05) is 0 Å². The van der Waals surface area contributed by atoms with Gasteiger partial charge in [0.1, 0.15) is 8.07 Å². The molecule has 0 saturated carbocycles. The first-order valence-electron chi connectivity index (χ1n) is 30.0. The Morgan fingerprint density at radius 2 is 0.581 bits per heavy atom. The molecule has 1 nitrogen and oxygen atoms in total. The first-order chi connectivity index (χ1) is 42.4. The highest BCUT2D eigenvalue weighted by Crippen LogP contribution is 2.42. The van der Waals surface area contributed by atoms with Gasteiger partial charge in [0.2, 0.25) is 0 Å². The number of aromatic nitrogens is 1. The molecule has 15 aromatic carbocycles. The van der Waals surface area contributed by atoms with Gasteiger partial charge >= 0.3 is 0 Å². The van der Waals surface area contributed by atoms with Gasteiger partial charge in [0.05, 0.1) is 11.0 Å². The number of benzene rings is 15. The second kappa shape index (κ2) is 19.7. The lowest BCUT2D eigenvalue weighted by Crippen LogP contribution is -2.49. The van der Waals surface area contributed by atoms with Gasteiger partial charge in [-0.3, -0.25) is 0 Å². The van der Waals surface area contributed by atoms with Crippen molar-refractivity contribution in [1.82, 2.24) is 4.57 Å². The molecule has 0 radical (unpaired) electrons. The second-order valence-corrected chi connectivity index (χ2v) is 28.3. The van der Waals surface area contributed by atoms with Crippen molar-refractivity contribution in [3.05, 3.63) is 309 Å². The fraction of sp³-hybridized carbons (Fsp3) is 0.0238. The van der Waals surface area contributed by atoms with Crippen LogP contribution in [0.2, 0.25) is 13.1 Å². The van der Waals surface area contributed by atoms with Crippen LogP contribution in [-0.4, -0.2) is 12.6 Å². The Morgan fingerprint density at radius 3 is 1.09 bits per heavy atom. The van der Waals surface area contributed by atoms with Crippen LogP contribution in [0.15, 0.2) is 309 Å². The number of rotatable bonds is 8. The Hall–Kier alpha value is -10.6. The number of fused-ring (bicyclic) bond motifs is 11. The predicted octanol–water partition coefficient (Wildman–Crippen LogP) is 21.9. The summed E-state index contributed by atoms with van der Waals surface area (Å²) in [4.78, 5) is 0.